The number of benzene rings is 1. The molecular weight excluding hydrogens is 283 g/mol. The van der Waals surface area contributed by atoms with Crippen LogP contribution in [0.2, 0.25) is 0 Å². The first-order chi connectivity index (χ1) is 8.24. The van der Waals surface area contributed by atoms with Crippen molar-refractivity contribution in [1.82, 2.24) is 9.38 Å². The van der Waals surface area contributed by atoms with Crippen LogP contribution in [0.4, 0.5) is 4.39 Å². The van der Waals surface area contributed by atoms with Gasteiger partial charge in [0.05, 0.1) is 11.7 Å². The fourth-order valence-corrected chi connectivity index (χ4v) is 2.14. The third kappa shape index (κ3) is 1.85. The Hall–Kier alpha value is -1.68. The number of hydrogen-bond donors (Lipinski definition) is 0. The van der Waals surface area contributed by atoms with Gasteiger partial charge in [0.15, 0.2) is 0 Å². The van der Waals surface area contributed by atoms with Gasteiger partial charge in [-0.25, -0.2) is 9.37 Å². The first-order valence-electron chi connectivity index (χ1n) is 5.12. The molecule has 0 N–H and O–H groups in total. The average Bonchev–Trinajstić information content (AvgIpc) is 2.71. The molecule has 2 aromatic heterocycles. The second kappa shape index (κ2) is 3.96. The molecule has 0 atom stereocenters. The summed E-state index contributed by atoms with van der Waals surface area (Å²) in [6.45, 7) is 0. The van der Waals surface area contributed by atoms with Crippen molar-refractivity contribution in [3.05, 3.63) is 59.1 Å². The number of rotatable bonds is 1. The monoisotopic (exact) mass is 290 g/mol. The second-order valence-corrected chi connectivity index (χ2v) is 4.65. The summed E-state index contributed by atoms with van der Waals surface area (Å²) in [6.07, 6.45) is 3.69. The highest BCUT2D eigenvalue weighted by Crippen LogP contribution is 2.22. The van der Waals surface area contributed by atoms with E-state index in [2.05, 4.69) is 20.9 Å². The van der Waals surface area contributed by atoms with Gasteiger partial charge in [-0.2, -0.15) is 0 Å². The third-order valence-electron chi connectivity index (χ3n) is 2.57. The Kier molecular flexibility index (Phi) is 2.44. The first kappa shape index (κ1) is 10.5. The molecule has 84 valence electrons. The summed E-state index contributed by atoms with van der Waals surface area (Å²) < 4.78 is 16.1. The topological polar surface area (TPSA) is 17.3 Å². The minimum absolute atomic E-state index is 0.255. The Morgan fingerprint density at radius 2 is 2.06 bits per heavy atom. The zero-order chi connectivity index (χ0) is 11.8. The molecule has 3 rings (SSSR count). The molecule has 0 aliphatic heterocycles. The van der Waals surface area contributed by atoms with Crippen molar-refractivity contribution >= 4 is 21.4 Å². The number of halogens is 2. The molecule has 0 bridgehead atoms. The number of aromatic nitrogens is 2. The maximum Gasteiger partial charge on any atom is 0.144 e. The molecule has 0 aliphatic rings. The maximum absolute atomic E-state index is 13.2. The Morgan fingerprint density at radius 1 is 1.18 bits per heavy atom. The standard InChI is InChI=1S/C13H8BrFN2/c14-10-4-5-12-7-16-13(17(12)8-10)9-2-1-3-11(15)6-9/h1-8H. The second-order valence-electron chi connectivity index (χ2n) is 3.73. The molecule has 17 heavy (non-hydrogen) atoms. The van der Waals surface area contributed by atoms with E-state index in [1.807, 2.05) is 28.8 Å². The van der Waals surface area contributed by atoms with Crippen LogP contribution in [-0.2, 0) is 0 Å². The highest BCUT2D eigenvalue weighted by atomic mass is 79.9. The fourth-order valence-electron chi connectivity index (χ4n) is 1.81. The molecule has 0 aliphatic carbocycles. The Balaban J connectivity index is 2.27. The van der Waals surface area contributed by atoms with E-state index in [1.165, 1.54) is 12.1 Å². The van der Waals surface area contributed by atoms with E-state index in [4.69, 9.17) is 0 Å². The molecule has 0 radical (unpaired) electrons. The maximum atomic E-state index is 13.2. The fraction of sp³-hybridized carbons (Fsp3) is 0. The van der Waals surface area contributed by atoms with Gasteiger partial charge in [0.2, 0.25) is 0 Å². The number of nitrogens with zero attached hydrogens (tertiary/aromatic N) is 2. The van der Waals surface area contributed by atoms with Crippen molar-refractivity contribution < 1.29 is 4.39 Å². The van der Waals surface area contributed by atoms with Gasteiger partial charge in [-0.1, -0.05) is 12.1 Å². The van der Waals surface area contributed by atoms with Gasteiger partial charge in [-0.05, 0) is 40.2 Å². The molecule has 0 amide bonds. The van der Waals surface area contributed by atoms with E-state index in [1.54, 1.807) is 12.3 Å². The molecule has 0 fully saturated rings. The normalized spacial score (nSPS) is 10.9. The lowest BCUT2D eigenvalue weighted by atomic mass is 10.2. The van der Waals surface area contributed by atoms with E-state index in [9.17, 15) is 4.39 Å². The number of fused-ring (bicyclic) bond motifs is 1. The van der Waals surface area contributed by atoms with Crippen LogP contribution in [0.25, 0.3) is 16.9 Å². The van der Waals surface area contributed by atoms with Gasteiger partial charge in [0.1, 0.15) is 11.6 Å². The first-order valence-corrected chi connectivity index (χ1v) is 5.92. The minimum atomic E-state index is -0.255. The molecule has 4 heteroatoms. The number of hydrogen-bond acceptors (Lipinski definition) is 1. The summed E-state index contributed by atoms with van der Waals surface area (Å²) in [5, 5.41) is 0. The van der Waals surface area contributed by atoms with Crippen LogP contribution >= 0.6 is 15.9 Å². The predicted molar refractivity (Wildman–Crippen MR) is 68.3 cm³/mol. The molecule has 1 aromatic carbocycles. The Morgan fingerprint density at radius 3 is 2.88 bits per heavy atom. The van der Waals surface area contributed by atoms with E-state index in [0.29, 0.717) is 0 Å². The lowest BCUT2D eigenvalue weighted by Gasteiger charge is -2.02. The molecule has 2 heterocycles. The van der Waals surface area contributed by atoms with Gasteiger partial charge in [-0.3, -0.25) is 4.40 Å². The van der Waals surface area contributed by atoms with Gasteiger partial charge in [0, 0.05) is 16.2 Å². The highest BCUT2D eigenvalue weighted by Gasteiger charge is 2.07. The molecule has 3 aromatic rings. The summed E-state index contributed by atoms with van der Waals surface area (Å²) in [5.41, 5.74) is 1.75. The van der Waals surface area contributed by atoms with Crippen molar-refractivity contribution in [3.63, 3.8) is 0 Å². The molecule has 0 saturated heterocycles. The van der Waals surface area contributed by atoms with Crippen LogP contribution in [0.5, 0.6) is 0 Å². The minimum Gasteiger partial charge on any atom is -0.299 e. The van der Waals surface area contributed by atoms with Crippen LogP contribution < -0.4 is 0 Å². The van der Waals surface area contributed by atoms with Crippen molar-refractivity contribution in [1.29, 1.82) is 0 Å². The summed E-state index contributed by atoms with van der Waals surface area (Å²) in [4.78, 5) is 4.32. The predicted octanol–water partition coefficient (Wildman–Crippen LogP) is 3.90. The van der Waals surface area contributed by atoms with Crippen LogP contribution in [0.15, 0.2) is 53.3 Å². The average molecular weight is 291 g/mol. The van der Waals surface area contributed by atoms with E-state index >= 15 is 0 Å². The van der Waals surface area contributed by atoms with Crippen LogP contribution in [-0.4, -0.2) is 9.38 Å². The zero-order valence-corrected chi connectivity index (χ0v) is 10.4. The van der Waals surface area contributed by atoms with E-state index < -0.39 is 0 Å². The van der Waals surface area contributed by atoms with Crippen LogP contribution in [0.3, 0.4) is 0 Å². The molecule has 2 nitrogen and oxygen atoms in total. The van der Waals surface area contributed by atoms with Gasteiger partial charge >= 0.3 is 0 Å². The lowest BCUT2D eigenvalue weighted by molar-refractivity contribution is 0.628. The van der Waals surface area contributed by atoms with Crippen molar-refractivity contribution in [2.45, 2.75) is 0 Å². The van der Waals surface area contributed by atoms with Crippen molar-refractivity contribution in [2.75, 3.05) is 0 Å². The molecule has 0 saturated carbocycles. The quantitative estimate of drug-likeness (QED) is 0.664. The lowest BCUT2D eigenvalue weighted by Crippen LogP contribution is -1.89. The zero-order valence-electron chi connectivity index (χ0n) is 8.77. The summed E-state index contributed by atoms with van der Waals surface area (Å²) >= 11 is 3.42. The van der Waals surface area contributed by atoms with Crippen molar-refractivity contribution in [2.24, 2.45) is 0 Å². The molecular formula is C13H8BrFN2. The Labute approximate surface area is 106 Å². The summed E-state index contributed by atoms with van der Waals surface area (Å²) in [5.74, 6) is 0.482. The third-order valence-corrected chi connectivity index (χ3v) is 3.04. The Bertz CT molecular complexity index is 691. The van der Waals surface area contributed by atoms with Crippen molar-refractivity contribution in [3.8, 4) is 11.4 Å². The van der Waals surface area contributed by atoms with Crippen LogP contribution in [0, 0.1) is 5.82 Å². The van der Waals surface area contributed by atoms with Gasteiger partial charge in [-0.15, -0.1) is 0 Å². The van der Waals surface area contributed by atoms with Gasteiger partial charge < -0.3 is 0 Å². The number of imidazole rings is 1. The largest absolute Gasteiger partial charge is 0.299 e. The summed E-state index contributed by atoms with van der Waals surface area (Å²) in [7, 11) is 0. The molecule has 0 unspecified atom stereocenters. The number of pyridine rings is 1. The van der Waals surface area contributed by atoms with Gasteiger partial charge in [0.25, 0.3) is 0 Å². The van der Waals surface area contributed by atoms with E-state index in [0.717, 1.165) is 21.4 Å². The smallest absolute Gasteiger partial charge is 0.144 e. The van der Waals surface area contributed by atoms with E-state index in [-0.39, 0.29) is 5.82 Å². The van der Waals surface area contributed by atoms with Crippen LogP contribution in [0.1, 0.15) is 0 Å². The SMILES string of the molecule is Fc1cccc(-c2ncc3ccc(Br)cn23)c1. The molecule has 0 spiro atoms. The summed E-state index contributed by atoms with van der Waals surface area (Å²) in [6, 6.07) is 10.3. The highest BCUT2D eigenvalue weighted by molar-refractivity contribution is 9.10.